The molecule has 0 bridgehead atoms. The van der Waals surface area contributed by atoms with Crippen LogP contribution in [0.3, 0.4) is 0 Å². The van der Waals surface area contributed by atoms with Gasteiger partial charge in [0, 0.05) is 14.1 Å². The molecule has 0 aliphatic heterocycles. The third kappa shape index (κ3) is 3.92. The van der Waals surface area contributed by atoms with E-state index in [0.717, 1.165) is 9.87 Å². The lowest BCUT2D eigenvalue weighted by atomic mass is 10.1. The first kappa shape index (κ1) is 20.4. The molecule has 2 aromatic carbocycles. The third-order valence-corrected chi connectivity index (χ3v) is 7.59. The molecule has 0 radical (unpaired) electrons. The van der Waals surface area contributed by atoms with Crippen molar-refractivity contribution < 1.29 is 16.8 Å². The van der Waals surface area contributed by atoms with Crippen molar-refractivity contribution in [3.63, 3.8) is 0 Å². The number of benzene rings is 2. The Hall–Kier alpha value is -1.90. The molecule has 0 aromatic heterocycles. The van der Waals surface area contributed by atoms with Crippen molar-refractivity contribution >= 4 is 25.7 Å². The molecule has 8 heteroatoms. The lowest BCUT2D eigenvalue weighted by molar-refractivity contribution is 0.520. The normalized spacial score (nSPS) is 12.4. The van der Waals surface area contributed by atoms with Crippen molar-refractivity contribution in [2.75, 3.05) is 18.8 Å². The van der Waals surface area contributed by atoms with Crippen LogP contribution in [0.5, 0.6) is 0 Å². The molecule has 1 N–H and O–H groups in total. The number of aryl methyl sites for hydroxylation is 4. The number of nitrogens with zero attached hydrogens (tertiary/aromatic N) is 1. The molecule has 0 amide bonds. The van der Waals surface area contributed by atoms with Gasteiger partial charge in [-0.05, 0) is 56.5 Å². The highest BCUT2D eigenvalue weighted by molar-refractivity contribution is 7.92. The Morgan fingerprint density at radius 1 is 0.808 bits per heavy atom. The third-order valence-electron chi connectivity index (χ3n) is 4.11. The summed E-state index contributed by atoms with van der Waals surface area (Å²) in [6.45, 7) is 7.12. The standard InChI is InChI=1S/C18H24N2O4S2/c1-12-9-14(3)18(15(4)10-12)25(21,22)19-17-11-16(8-7-13(17)2)26(23,24)20(5)6/h7-11,19H,1-6H3. The van der Waals surface area contributed by atoms with Gasteiger partial charge in [0.1, 0.15) is 0 Å². The highest BCUT2D eigenvalue weighted by Crippen LogP contribution is 2.27. The Morgan fingerprint density at radius 3 is 1.85 bits per heavy atom. The van der Waals surface area contributed by atoms with Gasteiger partial charge in [-0.2, -0.15) is 0 Å². The van der Waals surface area contributed by atoms with E-state index in [-0.39, 0.29) is 15.5 Å². The maximum atomic E-state index is 12.9. The van der Waals surface area contributed by atoms with Crippen molar-refractivity contribution in [2.24, 2.45) is 0 Å². The first-order valence-electron chi connectivity index (χ1n) is 8.00. The molecule has 0 fully saturated rings. The lowest BCUT2D eigenvalue weighted by Crippen LogP contribution is -2.23. The number of sulfonamides is 2. The first-order chi connectivity index (χ1) is 11.9. The van der Waals surface area contributed by atoms with Gasteiger partial charge >= 0.3 is 0 Å². The molecule has 0 spiro atoms. The van der Waals surface area contributed by atoms with Crippen molar-refractivity contribution in [1.82, 2.24) is 4.31 Å². The highest BCUT2D eigenvalue weighted by atomic mass is 32.2. The van der Waals surface area contributed by atoms with Crippen LogP contribution >= 0.6 is 0 Å². The molecule has 142 valence electrons. The van der Waals surface area contributed by atoms with Gasteiger partial charge in [0.25, 0.3) is 10.0 Å². The van der Waals surface area contributed by atoms with Crippen LogP contribution in [-0.4, -0.2) is 35.2 Å². The molecule has 0 aliphatic rings. The van der Waals surface area contributed by atoms with Crippen molar-refractivity contribution in [1.29, 1.82) is 0 Å². The van der Waals surface area contributed by atoms with Crippen LogP contribution in [0.25, 0.3) is 0 Å². The number of nitrogens with one attached hydrogen (secondary N) is 1. The predicted molar refractivity (Wildman–Crippen MR) is 104 cm³/mol. The van der Waals surface area contributed by atoms with E-state index in [1.807, 2.05) is 6.92 Å². The van der Waals surface area contributed by atoms with E-state index in [2.05, 4.69) is 4.72 Å². The van der Waals surface area contributed by atoms with Gasteiger partial charge in [-0.3, -0.25) is 4.72 Å². The Bertz CT molecular complexity index is 1030. The molecule has 26 heavy (non-hydrogen) atoms. The number of rotatable bonds is 5. The lowest BCUT2D eigenvalue weighted by Gasteiger charge is -2.17. The minimum Gasteiger partial charge on any atom is -0.279 e. The summed E-state index contributed by atoms with van der Waals surface area (Å²) in [6, 6.07) is 8.01. The summed E-state index contributed by atoms with van der Waals surface area (Å²) in [7, 11) is -4.66. The predicted octanol–water partition coefficient (Wildman–Crippen LogP) is 2.97. The van der Waals surface area contributed by atoms with Crippen molar-refractivity contribution in [3.8, 4) is 0 Å². The minimum atomic E-state index is -3.85. The molecule has 0 heterocycles. The molecule has 2 rings (SSSR count). The maximum Gasteiger partial charge on any atom is 0.262 e. The highest BCUT2D eigenvalue weighted by Gasteiger charge is 2.23. The Kier molecular flexibility index (Phi) is 5.51. The summed E-state index contributed by atoms with van der Waals surface area (Å²) in [6.07, 6.45) is 0. The molecular weight excluding hydrogens is 372 g/mol. The number of hydrogen-bond acceptors (Lipinski definition) is 4. The van der Waals surface area contributed by atoms with E-state index in [1.54, 1.807) is 39.0 Å². The monoisotopic (exact) mass is 396 g/mol. The molecule has 0 saturated carbocycles. The van der Waals surface area contributed by atoms with Crippen LogP contribution in [-0.2, 0) is 20.0 Å². The summed E-state index contributed by atoms with van der Waals surface area (Å²) >= 11 is 0. The van der Waals surface area contributed by atoms with E-state index in [0.29, 0.717) is 16.7 Å². The summed E-state index contributed by atoms with van der Waals surface area (Å²) in [5, 5.41) is 0. The van der Waals surface area contributed by atoms with Crippen LogP contribution in [0.1, 0.15) is 22.3 Å². The second-order valence-corrected chi connectivity index (χ2v) is 10.4. The molecule has 0 unspecified atom stereocenters. The summed E-state index contributed by atoms with van der Waals surface area (Å²) < 4.78 is 54.1. The van der Waals surface area contributed by atoms with Crippen LogP contribution in [0.4, 0.5) is 5.69 Å². The number of hydrogen-bond donors (Lipinski definition) is 1. The molecule has 0 atom stereocenters. The van der Waals surface area contributed by atoms with Crippen LogP contribution in [0, 0.1) is 27.7 Å². The Balaban J connectivity index is 2.55. The average molecular weight is 397 g/mol. The Morgan fingerprint density at radius 2 is 1.35 bits per heavy atom. The van der Waals surface area contributed by atoms with Gasteiger partial charge in [-0.25, -0.2) is 21.1 Å². The van der Waals surface area contributed by atoms with Gasteiger partial charge in [-0.1, -0.05) is 23.8 Å². The SMILES string of the molecule is Cc1cc(C)c(S(=O)(=O)Nc2cc(S(=O)(=O)N(C)C)ccc2C)c(C)c1. The van der Waals surface area contributed by atoms with Crippen molar-refractivity contribution in [3.05, 3.63) is 52.6 Å². The first-order valence-corrected chi connectivity index (χ1v) is 10.9. The van der Waals surface area contributed by atoms with Crippen molar-refractivity contribution in [2.45, 2.75) is 37.5 Å². The van der Waals surface area contributed by atoms with Gasteiger partial charge in [-0.15, -0.1) is 0 Å². The fourth-order valence-electron chi connectivity index (χ4n) is 2.87. The molecule has 0 saturated heterocycles. The smallest absolute Gasteiger partial charge is 0.262 e. The molecular formula is C18H24N2O4S2. The van der Waals surface area contributed by atoms with Gasteiger partial charge in [0.05, 0.1) is 15.5 Å². The van der Waals surface area contributed by atoms with Crippen LogP contribution in [0.2, 0.25) is 0 Å². The van der Waals surface area contributed by atoms with Gasteiger partial charge < -0.3 is 0 Å². The minimum absolute atomic E-state index is 0.0307. The second-order valence-electron chi connectivity index (χ2n) is 6.60. The van der Waals surface area contributed by atoms with Crippen LogP contribution < -0.4 is 4.72 Å². The van der Waals surface area contributed by atoms with Gasteiger partial charge in [0.2, 0.25) is 10.0 Å². The van der Waals surface area contributed by atoms with Crippen LogP contribution in [0.15, 0.2) is 40.1 Å². The second kappa shape index (κ2) is 7.02. The average Bonchev–Trinajstić information content (AvgIpc) is 2.47. The zero-order valence-corrected chi connectivity index (χ0v) is 17.4. The number of anilines is 1. The maximum absolute atomic E-state index is 12.9. The van der Waals surface area contributed by atoms with E-state index < -0.39 is 20.0 Å². The topological polar surface area (TPSA) is 83.5 Å². The summed E-state index contributed by atoms with van der Waals surface area (Å²) in [5.41, 5.74) is 3.14. The Labute approximate surface area is 156 Å². The zero-order chi connectivity index (χ0) is 19.9. The van der Waals surface area contributed by atoms with E-state index in [9.17, 15) is 16.8 Å². The summed E-state index contributed by atoms with van der Waals surface area (Å²) in [5.74, 6) is 0. The van der Waals surface area contributed by atoms with Gasteiger partial charge in [0.15, 0.2) is 0 Å². The summed E-state index contributed by atoms with van der Waals surface area (Å²) in [4.78, 5) is 0.242. The van der Waals surface area contributed by atoms with E-state index in [1.165, 1.54) is 26.2 Å². The van der Waals surface area contributed by atoms with E-state index in [4.69, 9.17) is 0 Å². The molecule has 2 aromatic rings. The fraction of sp³-hybridized carbons (Fsp3) is 0.333. The molecule has 0 aliphatic carbocycles. The fourth-order valence-corrected chi connectivity index (χ4v) is 5.37. The van der Waals surface area contributed by atoms with E-state index >= 15 is 0 Å². The molecule has 6 nitrogen and oxygen atoms in total. The zero-order valence-electron chi connectivity index (χ0n) is 15.8. The largest absolute Gasteiger partial charge is 0.279 e. The quantitative estimate of drug-likeness (QED) is 0.842.